The van der Waals surface area contributed by atoms with Crippen LogP contribution < -0.4 is 0 Å². The van der Waals surface area contributed by atoms with E-state index in [4.69, 9.17) is 10.1 Å². The summed E-state index contributed by atoms with van der Waals surface area (Å²) in [4.78, 5) is 0. The van der Waals surface area contributed by atoms with E-state index in [0.717, 1.165) is 5.92 Å². The molecule has 0 bridgehead atoms. The molecule has 2 radical (unpaired) electrons. The molecule has 0 aromatic heterocycles. The molecule has 2 aliphatic rings. The summed E-state index contributed by atoms with van der Waals surface area (Å²) in [6.45, 7) is 4.46. The summed E-state index contributed by atoms with van der Waals surface area (Å²) in [6, 6.07) is 1.21. The standard InChI is InChI=1S/C10H20O2Si2/c1-14(2,12-13)6-5-8-3-4-9-10(7-8)11-9/h8-10,13H,3-7H2,1-2H3/i13D. The molecular formula is C10H20O2Si2. The zero-order chi connectivity index (χ0) is 10.9. The van der Waals surface area contributed by atoms with Crippen LogP contribution in [0, 0.1) is 5.92 Å². The highest BCUT2D eigenvalue weighted by atomic mass is 28.4. The third kappa shape index (κ3) is 2.69. The van der Waals surface area contributed by atoms with Gasteiger partial charge in [-0.05, 0) is 44.3 Å². The molecule has 1 saturated carbocycles. The Balaban J connectivity index is 1.68. The van der Waals surface area contributed by atoms with Crippen LogP contribution in [0.1, 0.15) is 25.7 Å². The molecule has 2 rings (SSSR count). The topological polar surface area (TPSA) is 21.8 Å². The molecule has 3 atom stereocenters. The largest absolute Gasteiger partial charge is 0.459 e. The Morgan fingerprint density at radius 3 is 3.07 bits per heavy atom. The van der Waals surface area contributed by atoms with Gasteiger partial charge in [-0.3, -0.25) is 0 Å². The summed E-state index contributed by atoms with van der Waals surface area (Å²) < 4.78 is 18.2. The fourth-order valence-electron chi connectivity index (χ4n) is 2.35. The lowest BCUT2D eigenvalue weighted by Gasteiger charge is -2.25. The van der Waals surface area contributed by atoms with Crippen molar-refractivity contribution < 1.29 is 8.85 Å². The minimum atomic E-state index is -1.51. The first-order chi connectivity index (χ1) is 7.11. The second-order valence-electron chi connectivity index (χ2n) is 5.29. The van der Waals surface area contributed by atoms with Crippen LogP contribution in [0.3, 0.4) is 0 Å². The second kappa shape index (κ2) is 4.08. The maximum Gasteiger partial charge on any atom is 0.191 e. The molecule has 0 N–H and O–H groups in total. The van der Waals surface area contributed by atoms with E-state index in [2.05, 4.69) is 13.1 Å². The third-order valence-electron chi connectivity index (χ3n) is 3.54. The van der Waals surface area contributed by atoms with E-state index < -0.39 is 8.32 Å². The maximum atomic E-state index is 7.14. The van der Waals surface area contributed by atoms with Crippen molar-refractivity contribution in [1.29, 1.82) is 1.23 Å². The van der Waals surface area contributed by atoms with E-state index in [0.29, 0.717) is 12.2 Å². The van der Waals surface area contributed by atoms with Gasteiger partial charge >= 0.3 is 0 Å². The highest BCUT2D eigenvalue weighted by Crippen LogP contribution is 2.41. The molecule has 0 spiro atoms. The molecule has 1 heterocycles. The second-order valence-corrected chi connectivity index (χ2v) is 10.1. The highest BCUT2D eigenvalue weighted by Gasteiger charge is 2.43. The SMILES string of the molecule is [2H][Si]O[Si](C)(C)CCC1CCC2OC2C1. The molecule has 80 valence electrons. The summed E-state index contributed by atoms with van der Waals surface area (Å²) in [5.41, 5.74) is 0. The first kappa shape index (κ1) is 9.57. The van der Waals surface area contributed by atoms with Gasteiger partial charge in [0.2, 0.25) is 0 Å². The lowest BCUT2D eigenvalue weighted by molar-refractivity contribution is 0.355. The van der Waals surface area contributed by atoms with Crippen molar-refractivity contribution in [3.63, 3.8) is 0 Å². The van der Waals surface area contributed by atoms with Gasteiger partial charge in [-0.15, -0.1) is 0 Å². The fraction of sp³-hybridized carbons (Fsp3) is 1.00. The molecule has 2 fully saturated rings. The quantitative estimate of drug-likeness (QED) is 0.531. The van der Waals surface area contributed by atoms with E-state index in [1.54, 1.807) is 0 Å². The van der Waals surface area contributed by atoms with Crippen LogP contribution in [0.25, 0.3) is 0 Å². The van der Waals surface area contributed by atoms with Gasteiger partial charge in [0.15, 0.2) is 18.7 Å². The molecule has 1 aliphatic carbocycles. The Morgan fingerprint density at radius 1 is 1.50 bits per heavy atom. The minimum Gasteiger partial charge on any atom is -0.459 e. The molecule has 1 aliphatic heterocycles. The van der Waals surface area contributed by atoms with Crippen molar-refractivity contribution in [2.45, 2.75) is 57.0 Å². The predicted octanol–water partition coefficient (Wildman–Crippen LogP) is 1.98. The summed E-state index contributed by atoms with van der Waals surface area (Å²) in [5, 5.41) is 0. The van der Waals surface area contributed by atoms with Gasteiger partial charge in [0.05, 0.1) is 12.2 Å². The highest BCUT2D eigenvalue weighted by molar-refractivity contribution is 6.73. The molecule has 1 saturated heterocycles. The van der Waals surface area contributed by atoms with Gasteiger partial charge < -0.3 is 8.85 Å². The van der Waals surface area contributed by atoms with E-state index in [-0.39, 0.29) is 10.4 Å². The van der Waals surface area contributed by atoms with Gasteiger partial charge in [0.25, 0.3) is 0 Å². The van der Waals surface area contributed by atoms with Gasteiger partial charge in [-0.25, -0.2) is 0 Å². The molecule has 2 nitrogen and oxygen atoms in total. The zero-order valence-corrected chi connectivity index (χ0v) is 11.1. The van der Waals surface area contributed by atoms with Gasteiger partial charge in [-0.1, -0.05) is 6.42 Å². The zero-order valence-electron chi connectivity index (χ0n) is 10.1. The predicted molar refractivity (Wildman–Crippen MR) is 61.1 cm³/mol. The average molecular weight is 229 g/mol. The lowest BCUT2D eigenvalue weighted by Crippen LogP contribution is -2.30. The van der Waals surface area contributed by atoms with Crippen LogP contribution in [0.15, 0.2) is 0 Å². The summed E-state index contributed by atoms with van der Waals surface area (Å²) in [6.07, 6.45) is 6.41. The summed E-state index contributed by atoms with van der Waals surface area (Å²) >= 11 is 0. The Hall–Kier alpha value is 0.354. The van der Waals surface area contributed by atoms with Crippen molar-refractivity contribution in [3.8, 4) is 0 Å². The maximum absolute atomic E-state index is 7.14. The summed E-state index contributed by atoms with van der Waals surface area (Å²) in [7, 11) is -1.59. The van der Waals surface area contributed by atoms with Gasteiger partial charge in [0, 0.05) is 1.23 Å². The minimum absolute atomic E-state index is 0.0815. The summed E-state index contributed by atoms with van der Waals surface area (Å²) in [5.74, 6) is 0.859. The Bertz CT molecular complexity index is 225. The number of ether oxygens (including phenoxy) is 1. The average Bonchev–Trinajstić information content (AvgIpc) is 2.92. The van der Waals surface area contributed by atoms with Gasteiger partial charge in [-0.2, -0.15) is 0 Å². The lowest BCUT2D eigenvalue weighted by atomic mass is 9.88. The molecule has 14 heavy (non-hydrogen) atoms. The number of fused-ring (bicyclic) bond motifs is 1. The van der Waals surface area contributed by atoms with Crippen molar-refractivity contribution in [2.75, 3.05) is 0 Å². The number of rotatable bonds is 5. The van der Waals surface area contributed by atoms with Crippen LogP contribution >= 0.6 is 0 Å². The van der Waals surface area contributed by atoms with Crippen molar-refractivity contribution >= 4 is 18.7 Å². The van der Waals surface area contributed by atoms with Gasteiger partial charge in [0.1, 0.15) is 0 Å². The van der Waals surface area contributed by atoms with Crippen LogP contribution in [0.5, 0.6) is 0 Å². The van der Waals surface area contributed by atoms with E-state index >= 15 is 0 Å². The van der Waals surface area contributed by atoms with E-state index in [1.165, 1.54) is 31.7 Å². The third-order valence-corrected chi connectivity index (χ3v) is 7.25. The number of epoxide rings is 1. The monoisotopic (exact) mass is 229 g/mol. The Kier molecular flexibility index (Phi) is 2.79. The molecular weight excluding hydrogens is 208 g/mol. The smallest absolute Gasteiger partial charge is 0.191 e. The van der Waals surface area contributed by atoms with E-state index in [1.807, 2.05) is 0 Å². The van der Waals surface area contributed by atoms with E-state index in [9.17, 15) is 0 Å². The molecule has 3 unspecified atom stereocenters. The molecule has 0 aromatic carbocycles. The molecule has 0 amide bonds. The van der Waals surface area contributed by atoms with Crippen LogP contribution in [-0.4, -0.2) is 32.2 Å². The van der Waals surface area contributed by atoms with Crippen molar-refractivity contribution in [2.24, 2.45) is 5.92 Å². The Morgan fingerprint density at radius 2 is 2.36 bits per heavy atom. The molecule has 4 heteroatoms. The molecule has 0 aromatic rings. The Labute approximate surface area is 92.3 Å². The fourth-order valence-corrected chi connectivity index (χ4v) is 3.86. The van der Waals surface area contributed by atoms with Crippen LogP contribution in [0.4, 0.5) is 0 Å². The number of hydrogen-bond donors (Lipinski definition) is 0. The normalized spacial score (nSPS) is 37.6. The van der Waals surface area contributed by atoms with Crippen molar-refractivity contribution in [1.82, 2.24) is 0 Å². The van der Waals surface area contributed by atoms with Crippen LogP contribution in [0.2, 0.25) is 19.1 Å². The first-order valence-corrected chi connectivity index (χ1v) is 9.13. The van der Waals surface area contributed by atoms with Crippen molar-refractivity contribution in [3.05, 3.63) is 0 Å². The van der Waals surface area contributed by atoms with Crippen LogP contribution in [-0.2, 0) is 8.85 Å². The number of hydrogen-bond acceptors (Lipinski definition) is 2. The first-order valence-electron chi connectivity index (χ1n) is 6.11.